The van der Waals surface area contributed by atoms with E-state index in [9.17, 15) is 9.18 Å². The summed E-state index contributed by atoms with van der Waals surface area (Å²) < 4.78 is 13.4. The molecule has 1 aliphatic rings. The van der Waals surface area contributed by atoms with Crippen molar-refractivity contribution in [1.29, 1.82) is 0 Å². The van der Waals surface area contributed by atoms with Gasteiger partial charge in [0.2, 0.25) is 11.9 Å². The van der Waals surface area contributed by atoms with Crippen LogP contribution in [0.2, 0.25) is 0 Å². The van der Waals surface area contributed by atoms with E-state index < -0.39 is 0 Å². The number of halogens is 1. The lowest BCUT2D eigenvalue weighted by Crippen LogP contribution is -2.43. The van der Waals surface area contributed by atoms with Crippen molar-refractivity contribution in [3.8, 4) is 11.1 Å². The van der Waals surface area contributed by atoms with Crippen LogP contribution in [0.1, 0.15) is 32.6 Å². The fraction of sp³-hybridized carbons (Fsp3) is 0.450. The highest BCUT2D eigenvalue weighted by Gasteiger charge is 2.26. The first-order chi connectivity index (χ1) is 12.7. The van der Waals surface area contributed by atoms with E-state index in [4.69, 9.17) is 0 Å². The van der Waals surface area contributed by atoms with E-state index in [2.05, 4.69) is 27.1 Å². The van der Waals surface area contributed by atoms with E-state index in [1.807, 2.05) is 6.07 Å². The Balaban J connectivity index is 1.64. The second-order valence-electron chi connectivity index (χ2n) is 6.71. The number of anilines is 1. The summed E-state index contributed by atoms with van der Waals surface area (Å²) in [5.74, 6) is 0.447. The number of carbonyl (C=O) groups is 1. The van der Waals surface area contributed by atoms with E-state index in [-0.39, 0.29) is 17.6 Å². The molecular weight excluding hydrogens is 331 g/mol. The Kier molecular flexibility index (Phi) is 6.15. The van der Waals surface area contributed by atoms with Crippen LogP contribution in [-0.4, -0.2) is 35.5 Å². The maximum atomic E-state index is 13.4. The summed E-state index contributed by atoms with van der Waals surface area (Å²) in [5, 5.41) is 3.02. The Morgan fingerprint density at radius 2 is 2.12 bits per heavy atom. The summed E-state index contributed by atoms with van der Waals surface area (Å²) in [4.78, 5) is 23.2. The maximum Gasteiger partial charge on any atom is 0.225 e. The summed E-state index contributed by atoms with van der Waals surface area (Å²) in [6.45, 7) is 4.33. The number of nitrogens with one attached hydrogen (secondary N) is 1. The molecule has 0 bridgehead atoms. The molecule has 0 unspecified atom stereocenters. The Labute approximate surface area is 153 Å². The standard InChI is InChI=1S/C20H25FN4O/c1-2-3-9-22-19(26)16-7-5-10-25(14-16)20-23-12-17(13-24-20)15-6-4-8-18(21)11-15/h4,6,8,11-13,16H,2-3,5,7,9-10,14H2,1H3,(H,22,26)/t16-/m0/s1. The van der Waals surface area contributed by atoms with Gasteiger partial charge in [0.1, 0.15) is 5.82 Å². The van der Waals surface area contributed by atoms with Crippen molar-refractivity contribution in [1.82, 2.24) is 15.3 Å². The molecule has 0 saturated carbocycles. The SMILES string of the molecule is CCCCNC(=O)[C@H]1CCCN(c2ncc(-c3cccc(F)c3)cn2)C1. The van der Waals surface area contributed by atoms with Crippen LogP contribution < -0.4 is 10.2 Å². The monoisotopic (exact) mass is 356 g/mol. The molecule has 1 fully saturated rings. The van der Waals surface area contributed by atoms with Crippen molar-refractivity contribution in [2.45, 2.75) is 32.6 Å². The van der Waals surface area contributed by atoms with Gasteiger partial charge in [-0.2, -0.15) is 0 Å². The molecule has 0 spiro atoms. The van der Waals surface area contributed by atoms with Gasteiger partial charge in [0.05, 0.1) is 5.92 Å². The van der Waals surface area contributed by atoms with Crippen molar-refractivity contribution in [2.24, 2.45) is 5.92 Å². The molecule has 1 aromatic heterocycles. The molecule has 1 aliphatic heterocycles. The number of benzene rings is 1. The molecule has 1 amide bonds. The average Bonchev–Trinajstić information content (AvgIpc) is 2.68. The zero-order valence-electron chi connectivity index (χ0n) is 15.1. The third kappa shape index (κ3) is 4.56. The normalized spacial score (nSPS) is 17.2. The van der Waals surface area contributed by atoms with Crippen LogP contribution in [0.15, 0.2) is 36.7 Å². The van der Waals surface area contributed by atoms with E-state index in [1.54, 1.807) is 18.5 Å². The van der Waals surface area contributed by atoms with E-state index in [0.29, 0.717) is 12.5 Å². The maximum absolute atomic E-state index is 13.4. The van der Waals surface area contributed by atoms with Crippen LogP contribution in [0.5, 0.6) is 0 Å². The van der Waals surface area contributed by atoms with E-state index in [0.717, 1.165) is 49.9 Å². The molecule has 1 atom stereocenters. The molecule has 6 heteroatoms. The molecule has 1 N–H and O–H groups in total. The number of aromatic nitrogens is 2. The first-order valence-electron chi connectivity index (χ1n) is 9.28. The molecular formula is C20H25FN4O. The molecule has 1 aromatic carbocycles. The van der Waals surface area contributed by atoms with Gasteiger partial charge in [0, 0.05) is 37.6 Å². The van der Waals surface area contributed by atoms with Gasteiger partial charge in [-0.15, -0.1) is 0 Å². The predicted octanol–water partition coefficient (Wildman–Crippen LogP) is 3.42. The zero-order valence-corrected chi connectivity index (χ0v) is 15.1. The lowest BCUT2D eigenvalue weighted by atomic mass is 9.97. The van der Waals surface area contributed by atoms with Crippen LogP contribution in [0.25, 0.3) is 11.1 Å². The summed E-state index contributed by atoms with van der Waals surface area (Å²) in [6.07, 6.45) is 7.34. The van der Waals surface area contributed by atoms with Crippen LogP contribution in [0, 0.1) is 11.7 Å². The van der Waals surface area contributed by atoms with Gasteiger partial charge in [-0.3, -0.25) is 4.79 Å². The van der Waals surface area contributed by atoms with Crippen molar-refractivity contribution in [3.63, 3.8) is 0 Å². The molecule has 138 valence electrons. The van der Waals surface area contributed by atoms with Crippen molar-refractivity contribution in [3.05, 3.63) is 42.5 Å². The number of hydrogen-bond acceptors (Lipinski definition) is 4. The highest BCUT2D eigenvalue weighted by molar-refractivity contribution is 5.79. The van der Waals surface area contributed by atoms with Gasteiger partial charge in [-0.05, 0) is 37.0 Å². The quantitative estimate of drug-likeness (QED) is 0.806. The Morgan fingerprint density at radius 1 is 1.31 bits per heavy atom. The molecule has 3 rings (SSSR count). The lowest BCUT2D eigenvalue weighted by Gasteiger charge is -2.32. The van der Waals surface area contributed by atoms with Crippen molar-refractivity contribution in [2.75, 3.05) is 24.5 Å². The van der Waals surface area contributed by atoms with Crippen LogP contribution in [0.4, 0.5) is 10.3 Å². The minimum Gasteiger partial charge on any atom is -0.356 e. The first kappa shape index (κ1) is 18.3. The van der Waals surface area contributed by atoms with Gasteiger partial charge in [0.15, 0.2) is 0 Å². The lowest BCUT2D eigenvalue weighted by molar-refractivity contribution is -0.125. The van der Waals surface area contributed by atoms with Crippen molar-refractivity contribution < 1.29 is 9.18 Å². The van der Waals surface area contributed by atoms with Crippen LogP contribution >= 0.6 is 0 Å². The molecule has 26 heavy (non-hydrogen) atoms. The highest BCUT2D eigenvalue weighted by Crippen LogP contribution is 2.23. The Morgan fingerprint density at radius 3 is 2.85 bits per heavy atom. The number of unbranched alkanes of at least 4 members (excludes halogenated alkanes) is 1. The van der Waals surface area contributed by atoms with Gasteiger partial charge < -0.3 is 10.2 Å². The number of nitrogens with zero attached hydrogens (tertiary/aromatic N) is 3. The first-order valence-corrected chi connectivity index (χ1v) is 9.28. The number of amides is 1. The second kappa shape index (κ2) is 8.74. The molecule has 5 nitrogen and oxygen atoms in total. The third-order valence-corrected chi connectivity index (χ3v) is 4.70. The summed E-state index contributed by atoms with van der Waals surface area (Å²) in [5.41, 5.74) is 1.53. The van der Waals surface area contributed by atoms with Gasteiger partial charge in [-0.1, -0.05) is 25.5 Å². The Hall–Kier alpha value is -2.50. The number of rotatable bonds is 6. The van der Waals surface area contributed by atoms with E-state index >= 15 is 0 Å². The molecule has 1 saturated heterocycles. The summed E-state index contributed by atoms with van der Waals surface area (Å²) in [7, 11) is 0. The fourth-order valence-corrected chi connectivity index (χ4v) is 3.21. The summed E-state index contributed by atoms with van der Waals surface area (Å²) >= 11 is 0. The molecule has 2 heterocycles. The minimum atomic E-state index is -0.278. The fourth-order valence-electron chi connectivity index (χ4n) is 3.21. The van der Waals surface area contributed by atoms with Gasteiger partial charge in [-0.25, -0.2) is 14.4 Å². The minimum absolute atomic E-state index is 0.0212. The predicted molar refractivity (Wildman–Crippen MR) is 100 cm³/mol. The van der Waals surface area contributed by atoms with Gasteiger partial charge in [0.25, 0.3) is 0 Å². The average molecular weight is 356 g/mol. The largest absolute Gasteiger partial charge is 0.356 e. The number of carbonyl (C=O) groups excluding carboxylic acids is 1. The van der Waals surface area contributed by atoms with Crippen LogP contribution in [-0.2, 0) is 4.79 Å². The number of hydrogen-bond donors (Lipinski definition) is 1. The topological polar surface area (TPSA) is 58.1 Å². The number of piperidine rings is 1. The smallest absolute Gasteiger partial charge is 0.225 e. The second-order valence-corrected chi connectivity index (χ2v) is 6.71. The molecule has 2 aromatic rings. The highest BCUT2D eigenvalue weighted by atomic mass is 19.1. The molecule has 0 radical (unpaired) electrons. The van der Waals surface area contributed by atoms with Gasteiger partial charge >= 0.3 is 0 Å². The van der Waals surface area contributed by atoms with Crippen LogP contribution in [0.3, 0.4) is 0 Å². The zero-order chi connectivity index (χ0) is 18.4. The Bertz CT molecular complexity index is 735. The third-order valence-electron chi connectivity index (χ3n) is 4.70. The van der Waals surface area contributed by atoms with E-state index in [1.165, 1.54) is 12.1 Å². The molecule has 0 aliphatic carbocycles. The summed E-state index contributed by atoms with van der Waals surface area (Å²) in [6, 6.07) is 6.39. The van der Waals surface area contributed by atoms with Crippen molar-refractivity contribution >= 4 is 11.9 Å².